The zero-order valence-electron chi connectivity index (χ0n) is 21.2. The van der Waals surface area contributed by atoms with Crippen LogP contribution >= 0.6 is 0 Å². The number of piperidine rings is 1. The highest BCUT2D eigenvalue weighted by Gasteiger charge is 2.57. The van der Waals surface area contributed by atoms with Crippen LogP contribution in [0.4, 0.5) is 0 Å². The number of aromatic nitrogens is 2. The van der Waals surface area contributed by atoms with Crippen molar-refractivity contribution in [3.8, 4) is 0 Å². The van der Waals surface area contributed by atoms with Crippen molar-refractivity contribution in [3.05, 3.63) is 34.2 Å². The zero-order chi connectivity index (χ0) is 24.6. The summed E-state index contributed by atoms with van der Waals surface area (Å²) >= 11 is 0. The third-order valence-corrected chi connectivity index (χ3v) is 13.8. The van der Waals surface area contributed by atoms with Crippen molar-refractivity contribution in [2.75, 3.05) is 6.61 Å². The molecule has 2 atom stereocenters. The van der Waals surface area contributed by atoms with Gasteiger partial charge in [0.1, 0.15) is 6.04 Å². The quantitative estimate of drug-likeness (QED) is 0.515. The van der Waals surface area contributed by atoms with Gasteiger partial charge in [-0.15, -0.1) is 0 Å². The summed E-state index contributed by atoms with van der Waals surface area (Å²) in [6.45, 7) is 12.3. The smallest absolute Gasteiger partial charge is 0.329 e. The minimum Gasteiger partial charge on any atom is -0.417 e. The summed E-state index contributed by atoms with van der Waals surface area (Å²) in [5.74, 6) is 0.571. The summed E-state index contributed by atoms with van der Waals surface area (Å²) in [5.41, 5.74) is 2.83. The Balaban J connectivity index is 1.46. The summed E-state index contributed by atoms with van der Waals surface area (Å²) in [5, 5.41) is 2.60. The van der Waals surface area contributed by atoms with Crippen LogP contribution in [0.15, 0.2) is 23.0 Å². The average molecular weight is 484 g/mol. The number of nitrogens with one attached hydrogen (secondary N) is 1. The predicted octanol–water partition coefficient (Wildman–Crippen LogP) is 4.01. The molecule has 3 saturated carbocycles. The lowest BCUT2D eigenvalue weighted by Crippen LogP contribution is -2.44. The van der Waals surface area contributed by atoms with Gasteiger partial charge in [0.25, 0.3) is 0 Å². The first-order valence-electron chi connectivity index (χ1n) is 12.5. The normalized spacial score (nSPS) is 29.4. The highest BCUT2D eigenvalue weighted by atomic mass is 28.4. The van der Waals surface area contributed by atoms with Crippen molar-refractivity contribution in [2.24, 2.45) is 18.9 Å². The molecule has 0 radical (unpaired) electrons. The van der Waals surface area contributed by atoms with E-state index in [-0.39, 0.29) is 34.4 Å². The van der Waals surface area contributed by atoms with Gasteiger partial charge in [-0.3, -0.25) is 24.0 Å². The first-order chi connectivity index (χ1) is 15.8. The second kappa shape index (κ2) is 7.65. The van der Waals surface area contributed by atoms with E-state index in [0.29, 0.717) is 18.3 Å². The lowest BCUT2D eigenvalue weighted by Gasteiger charge is -2.40. The number of carbonyl (C=O) groups is 2. The summed E-state index contributed by atoms with van der Waals surface area (Å²) < 4.78 is 9.90. The Morgan fingerprint density at radius 2 is 1.85 bits per heavy atom. The molecule has 1 aliphatic heterocycles. The summed E-state index contributed by atoms with van der Waals surface area (Å²) in [7, 11) is 0.0167. The molecular weight excluding hydrogens is 446 g/mol. The number of rotatable bonds is 5. The van der Waals surface area contributed by atoms with Gasteiger partial charge >= 0.3 is 5.69 Å². The van der Waals surface area contributed by atoms with E-state index in [2.05, 4.69) is 45.2 Å². The van der Waals surface area contributed by atoms with Crippen LogP contribution < -0.4 is 11.0 Å². The van der Waals surface area contributed by atoms with Crippen molar-refractivity contribution < 1.29 is 14.0 Å². The van der Waals surface area contributed by atoms with Gasteiger partial charge in [-0.1, -0.05) is 32.9 Å². The Labute approximate surface area is 202 Å². The van der Waals surface area contributed by atoms with Gasteiger partial charge < -0.3 is 4.43 Å². The molecule has 7 nitrogen and oxygen atoms in total. The number of carbonyl (C=O) groups excluding carboxylic acids is 2. The number of imide groups is 1. The highest BCUT2D eigenvalue weighted by molar-refractivity contribution is 6.74. The van der Waals surface area contributed by atoms with Crippen molar-refractivity contribution >= 4 is 31.2 Å². The molecular formula is C26H37N3O4Si. The molecule has 2 bridgehead atoms. The van der Waals surface area contributed by atoms with Gasteiger partial charge in [-0.2, -0.15) is 0 Å². The largest absolute Gasteiger partial charge is 0.417 e. The predicted molar refractivity (Wildman–Crippen MR) is 134 cm³/mol. The van der Waals surface area contributed by atoms with Gasteiger partial charge in [-0.05, 0) is 72.7 Å². The maximum Gasteiger partial charge on any atom is 0.329 e. The van der Waals surface area contributed by atoms with E-state index in [1.165, 1.54) is 5.56 Å². The van der Waals surface area contributed by atoms with Crippen LogP contribution in [-0.4, -0.2) is 35.9 Å². The lowest BCUT2D eigenvalue weighted by atomic mass is 9.65. The zero-order valence-corrected chi connectivity index (χ0v) is 22.2. The minimum absolute atomic E-state index is 0.0762. The van der Waals surface area contributed by atoms with E-state index in [1.807, 2.05) is 12.1 Å². The van der Waals surface area contributed by atoms with Gasteiger partial charge in [0.15, 0.2) is 8.32 Å². The number of nitrogens with zero attached hydrogens (tertiary/aromatic N) is 2. The van der Waals surface area contributed by atoms with Gasteiger partial charge in [0.2, 0.25) is 11.8 Å². The monoisotopic (exact) mass is 483 g/mol. The molecule has 184 valence electrons. The Morgan fingerprint density at radius 1 is 1.15 bits per heavy atom. The minimum atomic E-state index is -1.79. The number of amides is 2. The SMILES string of the molecule is Cn1c(=O)n(C2CCC(=O)NC2=O)c2cccc([C@]34CC(CO[Si](C)(C)C(C)(C)C)[C@@H](C3)C4)c21. The van der Waals surface area contributed by atoms with Crippen LogP contribution in [0.2, 0.25) is 18.1 Å². The maximum atomic E-state index is 13.3. The molecule has 2 amide bonds. The molecule has 1 saturated heterocycles. The van der Waals surface area contributed by atoms with Crippen LogP contribution in [0, 0.1) is 11.8 Å². The average Bonchev–Trinajstić information content (AvgIpc) is 3.35. The molecule has 1 aromatic carbocycles. The summed E-state index contributed by atoms with van der Waals surface area (Å²) in [4.78, 5) is 37.5. The second-order valence-electron chi connectivity index (χ2n) is 12.3. The number of imidazole rings is 1. The molecule has 1 aromatic heterocycles. The topological polar surface area (TPSA) is 82.3 Å². The van der Waals surface area contributed by atoms with E-state index in [0.717, 1.165) is 36.9 Å². The molecule has 4 aliphatic rings. The second-order valence-corrected chi connectivity index (χ2v) is 17.1. The lowest BCUT2D eigenvalue weighted by molar-refractivity contribution is -0.135. The molecule has 2 heterocycles. The van der Waals surface area contributed by atoms with Crippen molar-refractivity contribution in [3.63, 3.8) is 0 Å². The van der Waals surface area contributed by atoms with Gasteiger partial charge in [-0.25, -0.2) is 4.79 Å². The van der Waals surface area contributed by atoms with E-state index in [9.17, 15) is 14.4 Å². The molecule has 6 rings (SSSR count). The van der Waals surface area contributed by atoms with Gasteiger partial charge in [0, 0.05) is 20.1 Å². The first kappa shape index (κ1) is 23.5. The Kier molecular flexibility index (Phi) is 5.30. The van der Waals surface area contributed by atoms with Crippen LogP contribution in [-0.2, 0) is 26.5 Å². The summed E-state index contributed by atoms with van der Waals surface area (Å²) in [6.07, 6.45) is 3.96. The molecule has 0 spiro atoms. The van der Waals surface area contributed by atoms with E-state index in [1.54, 1.807) is 16.2 Å². The number of hydrogen-bond acceptors (Lipinski definition) is 4. The third kappa shape index (κ3) is 3.44. The Bertz CT molecular complexity index is 1230. The van der Waals surface area contributed by atoms with Gasteiger partial charge in [0.05, 0.1) is 11.0 Å². The Hall–Kier alpha value is -2.19. The van der Waals surface area contributed by atoms with E-state index >= 15 is 0 Å². The number of benzene rings is 1. The van der Waals surface area contributed by atoms with Crippen LogP contribution in [0.5, 0.6) is 0 Å². The molecule has 2 unspecified atom stereocenters. The van der Waals surface area contributed by atoms with E-state index in [4.69, 9.17) is 4.43 Å². The van der Waals surface area contributed by atoms with Crippen molar-refractivity contribution in [1.29, 1.82) is 0 Å². The number of aryl methyl sites for hydroxylation is 1. The first-order valence-corrected chi connectivity index (χ1v) is 15.4. The molecule has 4 fully saturated rings. The van der Waals surface area contributed by atoms with Crippen LogP contribution in [0.1, 0.15) is 64.5 Å². The molecule has 3 aliphatic carbocycles. The fourth-order valence-electron chi connectivity index (χ4n) is 6.27. The van der Waals surface area contributed by atoms with Crippen molar-refractivity contribution in [2.45, 2.75) is 82.5 Å². The number of para-hydroxylation sites is 1. The maximum absolute atomic E-state index is 13.3. The molecule has 8 heteroatoms. The fourth-order valence-corrected chi connectivity index (χ4v) is 7.33. The number of hydrogen-bond donors (Lipinski definition) is 1. The van der Waals surface area contributed by atoms with Crippen LogP contribution in [0.3, 0.4) is 0 Å². The highest BCUT2D eigenvalue weighted by Crippen LogP contribution is 2.63. The Morgan fingerprint density at radius 3 is 2.50 bits per heavy atom. The molecule has 34 heavy (non-hydrogen) atoms. The van der Waals surface area contributed by atoms with Crippen LogP contribution in [0.25, 0.3) is 11.0 Å². The molecule has 2 aromatic rings. The summed E-state index contributed by atoms with van der Waals surface area (Å²) in [6, 6.07) is 5.47. The standard InChI is InChI=1S/C26H37N3O4Si/c1-25(2,3)34(5,6)33-15-17-14-26(12-16(17)13-26)18-8-7-9-19-22(18)28(4)24(32)29(19)20-10-11-21(30)27-23(20)31/h7-9,16-17,20H,10-15H2,1-6H3,(H,27,30,31)/t16-,17?,20?,26+. The number of fused-ring (bicyclic) bond motifs is 2. The third-order valence-electron chi connectivity index (χ3n) is 9.29. The van der Waals surface area contributed by atoms with Crippen molar-refractivity contribution in [1.82, 2.24) is 14.5 Å². The van der Waals surface area contributed by atoms with E-state index < -0.39 is 14.4 Å². The fraction of sp³-hybridized carbons (Fsp3) is 0.654. The molecule has 1 N–H and O–H groups in total.